The van der Waals surface area contributed by atoms with Crippen molar-refractivity contribution in [1.29, 1.82) is 0 Å². The van der Waals surface area contributed by atoms with Gasteiger partial charge in [0.2, 0.25) is 5.75 Å². The van der Waals surface area contributed by atoms with E-state index in [-0.39, 0.29) is 32.8 Å². The van der Waals surface area contributed by atoms with Gasteiger partial charge in [-0.2, -0.15) is 25.3 Å². The maximum Gasteiger partial charge on any atom is 0.397 e. The largest absolute Gasteiger partial charge is 0.505 e. The van der Waals surface area contributed by atoms with Crippen LogP contribution in [0.1, 0.15) is 0 Å². The Bertz CT molecular complexity index is 2420. The van der Waals surface area contributed by atoms with E-state index < -0.39 is 96.8 Å². The first-order chi connectivity index (χ1) is 23.4. The summed E-state index contributed by atoms with van der Waals surface area (Å²) in [5, 5.41) is 47.6. The van der Waals surface area contributed by atoms with E-state index >= 15 is 0 Å². The second-order valence-electron chi connectivity index (χ2n) is 9.53. The number of hydrogen-bond donors (Lipinski definition) is 8. The summed E-state index contributed by atoms with van der Waals surface area (Å²) in [4.78, 5) is 17.4. The summed E-state index contributed by atoms with van der Waals surface area (Å²) >= 11 is 0.901. The van der Waals surface area contributed by atoms with Gasteiger partial charge in [0.25, 0.3) is 25.9 Å². The topological polar surface area (TPSA) is 402 Å². The van der Waals surface area contributed by atoms with Crippen LogP contribution in [0.5, 0.6) is 11.5 Å². The minimum Gasteiger partial charge on any atom is -0.505 e. The molecule has 51 heavy (non-hydrogen) atoms. The molecule has 0 aromatic heterocycles. The number of anilines is 3. The highest BCUT2D eigenvalue weighted by molar-refractivity contribution is 7.99. The average Bonchev–Trinajstić information content (AvgIpc) is 3.00. The molecule has 274 valence electrons. The average molecular weight is 794 g/mol. The maximum absolute atomic E-state index is 12.0. The molecule has 0 atom stereocenters. The molecule has 0 aliphatic rings. The molecule has 4 rings (SSSR count). The molecular formula is C24H23N7O16S4. The number of nitro groups is 2. The molecule has 0 unspecified atom stereocenters. The first-order valence-electron chi connectivity index (χ1n) is 12.9. The van der Waals surface area contributed by atoms with Crippen LogP contribution in [0.25, 0.3) is 10.8 Å². The molecule has 0 saturated carbocycles. The second kappa shape index (κ2) is 15.2. The number of nitrogens with zero attached hydrogens (tertiary/aromatic N) is 4. The van der Waals surface area contributed by atoms with Crippen LogP contribution in [0.3, 0.4) is 0 Å². The lowest BCUT2D eigenvalue weighted by molar-refractivity contribution is -0.394. The molecule has 0 heterocycles. The van der Waals surface area contributed by atoms with Crippen LogP contribution >= 0.6 is 11.8 Å². The highest BCUT2D eigenvalue weighted by Gasteiger charge is 2.25. The summed E-state index contributed by atoms with van der Waals surface area (Å²) in [7, 11) is -14.5. The van der Waals surface area contributed by atoms with E-state index in [9.17, 15) is 59.7 Å². The fraction of sp³-hybridized carbons (Fsp3) is 0.0833. The Morgan fingerprint density at radius 3 is 1.94 bits per heavy atom. The number of phenolic OH excluding ortho intramolecular Hbond substituents is 2. The van der Waals surface area contributed by atoms with E-state index in [2.05, 4.69) is 14.4 Å². The lowest BCUT2D eigenvalue weighted by Gasteiger charge is -2.12. The summed E-state index contributed by atoms with van der Waals surface area (Å²) in [6.45, 7) is -0.445. The van der Waals surface area contributed by atoms with Crippen LogP contribution in [-0.4, -0.2) is 71.3 Å². The molecule has 0 aliphatic carbocycles. The minimum absolute atomic E-state index is 0.0429. The lowest BCUT2D eigenvalue weighted by atomic mass is 10.1. The van der Waals surface area contributed by atoms with E-state index in [0.29, 0.717) is 6.07 Å². The molecule has 0 amide bonds. The lowest BCUT2D eigenvalue weighted by Crippen LogP contribution is -2.06. The molecule has 4 aromatic carbocycles. The molecule has 0 bridgehead atoms. The Morgan fingerprint density at radius 1 is 0.765 bits per heavy atom. The van der Waals surface area contributed by atoms with Crippen LogP contribution in [0.15, 0.2) is 73.4 Å². The third kappa shape index (κ3) is 10.1. The van der Waals surface area contributed by atoms with Crippen molar-refractivity contribution >= 4 is 93.0 Å². The Balaban J connectivity index is 0.000000419. The molecule has 4 aromatic rings. The van der Waals surface area contributed by atoms with E-state index in [1.165, 1.54) is 18.2 Å². The highest BCUT2D eigenvalue weighted by Crippen LogP contribution is 2.45. The summed E-state index contributed by atoms with van der Waals surface area (Å²) in [6.07, 6.45) is 0. The SMILES string of the molecule is Nc1cc([N+](=O)[O-])cc([N+](=O)[O-])c1O.Nc1ccc2cc(S(=O)(=O)O)c(N=Nc3ccc(SCCOS(=O)(=O)O)cc3S(=O)(=O)O)c(O)c2c1N. The number of thioether (sulfide) groups is 1. The number of non-ortho nitro benzene ring substituents is 1. The first kappa shape index (κ1) is 40.0. The van der Waals surface area contributed by atoms with Crippen LogP contribution in [0, 0.1) is 20.2 Å². The second-order valence-corrected chi connectivity index (χ2v) is 14.6. The smallest absolute Gasteiger partial charge is 0.397 e. The van der Waals surface area contributed by atoms with Gasteiger partial charge in [-0.3, -0.25) is 33.9 Å². The van der Waals surface area contributed by atoms with Crippen molar-refractivity contribution in [2.45, 2.75) is 14.7 Å². The quantitative estimate of drug-likeness (QED) is 0.0158. The summed E-state index contributed by atoms with van der Waals surface area (Å²) in [5.41, 5.74) is 13.7. The van der Waals surface area contributed by atoms with Crippen molar-refractivity contribution in [3.8, 4) is 11.5 Å². The van der Waals surface area contributed by atoms with Crippen molar-refractivity contribution in [3.05, 3.63) is 68.8 Å². The minimum atomic E-state index is -4.97. The van der Waals surface area contributed by atoms with Crippen LogP contribution in [0.2, 0.25) is 0 Å². The zero-order valence-corrected chi connectivity index (χ0v) is 28.2. The molecule has 23 nitrogen and oxygen atoms in total. The van der Waals surface area contributed by atoms with E-state index in [1.807, 2.05) is 0 Å². The Morgan fingerprint density at radius 2 is 1.39 bits per heavy atom. The van der Waals surface area contributed by atoms with Crippen molar-refractivity contribution < 1.29 is 63.2 Å². The molecule has 27 heteroatoms. The molecule has 0 radical (unpaired) electrons. The standard InChI is InChI=1S/C18H18N4O11S4.C6H5N3O5/c19-11-3-1-9-7-14(36(27,28)29)17(18(23)15(9)16(11)20)22-21-12-4-2-10(8-13(12)35(24,25)26)34-6-5-33-37(30,31)32;7-4-1-3(8(11)12)2-5(6(4)10)9(13)14/h1-4,7-8,23H,5-6,19-20H2,(H,24,25,26)(H,27,28,29)(H,30,31,32);1-2,10H,7H2. The van der Waals surface area contributed by atoms with Gasteiger partial charge in [-0.15, -0.1) is 22.0 Å². The van der Waals surface area contributed by atoms with E-state index in [4.69, 9.17) is 26.9 Å². The Kier molecular flexibility index (Phi) is 11.9. The van der Waals surface area contributed by atoms with Gasteiger partial charge in [-0.25, -0.2) is 4.18 Å². The number of nitro benzene ring substituents is 2. The number of hydrogen-bond acceptors (Lipinski definition) is 19. The third-order valence-corrected chi connectivity index (χ3v) is 9.31. The fourth-order valence-corrected chi connectivity index (χ4v) is 6.47. The van der Waals surface area contributed by atoms with Gasteiger partial charge in [0.1, 0.15) is 21.2 Å². The van der Waals surface area contributed by atoms with Crippen molar-refractivity contribution in [2.24, 2.45) is 10.2 Å². The van der Waals surface area contributed by atoms with Crippen molar-refractivity contribution in [1.82, 2.24) is 0 Å². The molecule has 0 spiro atoms. The Labute approximate surface area is 290 Å². The third-order valence-electron chi connectivity index (χ3n) is 6.13. The number of aromatic hydroxyl groups is 2. The monoisotopic (exact) mass is 793 g/mol. The van der Waals surface area contributed by atoms with Gasteiger partial charge >= 0.3 is 16.1 Å². The van der Waals surface area contributed by atoms with Crippen molar-refractivity contribution in [3.63, 3.8) is 0 Å². The maximum atomic E-state index is 12.0. The molecular weight excluding hydrogens is 771 g/mol. The number of fused-ring (bicyclic) bond motifs is 1. The van der Waals surface area contributed by atoms with Crippen LogP contribution in [0.4, 0.5) is 39.8 Å². The molecule has 0 aliphatic heterocycles. The van der Waals surface area contributed by atoms with E-state index in [1.54, 1.807) is 0 Å². The van der Waals surface area contributed by atoms with Gasteiger partial charge in [-0.05, 0) is 35.7 Å². The number of azo groups is 1. The predicted molar refractivity (Wildman–Crippen MR) is 179 cm³/mol. The fourth-order valence-electron chi connectivity index (χ4n) is 3.92. The molecule has 0 fully saturated rings. The van der Waals surface area contributed by atoms with Gasteiger partial charge in [0.15, 0.2) is 5.75 Å². The molecule has 0 saturated heterocycles. The number of benzene rings is 4. The first-order valence-corrected chi connectivity index (χ1v) is 18.2. The van der Waals surface area contributed by atoms with Gasteiger partial charge in [0.05, 0.1) is 45.0 Å². The van der Waals surface area contributed by atoms with Crippen molar-refractivity contribution in [2.75, 3.05) is 29.6 Å². The zero-order chi connectivity index (χ0) is 38.6. The van der Waals surface area contributed by atoms with Crippen LogP contribution < -0.4 is 17.2 Å². The number of nitrogen functional groups attached to an aromatic ring is 3. The highest BCUT2D eigenvalue weighted by atomic mass is 32.3. The Hall–Kier alpha value is -5.42. The number of rotatable bonds is 11. The van der Waals surface area contributed by atoms with Crippen LogP contribution in [-0.2, 0) is 34.8 Å². The number of phenols is 2. The normalized spacial score (nSPS) is 12.1. The summed E-state index contributed by atoms with van der Waals surface area (Å²) in [5.74, 6) is -1.63. The molecule has 11 N–H and O–H groups in total. The summed E-state index contributed by atoms with van der Waals surface area (Å²) < 4.78 is 101. The predicted octanol–water partition coefficient (Wildman–Crippen LogP) is 3.32. The zero-order valence-electron chi connectivity index (χ0n) is 24.9. The summed E-state index contributed by atoms with van der Waals surface area (Å²) in [6, 6.07) is 8.48. The number of nitrogens with two attached hydrogens (primary N) is 3. The van der Waals surface area contributed by atoms with Gasteiger partial charge in [0, 0.05) is 16.7 Å². The van der Waals surface area contributed by atoms with Gasteiger partial charge in [-0.1, -0.05) is 6.07 Å². The van der Waals surface area contributed by atoms with Gasteiger partial charge < -0.3 is 27.4 Å². The van der Waals surface area contributed by atoms with E-state index in [0.717, 1.165) is 36.0 Å².